The van der Waals surface area contributed by atoms with E-state index in [2.05, 4.69) is 5.32 Å². The molecule has 1 aromatic heterocycles. The number of nitrogens with one attached hydrogen (secondary N) is 1. The lowest BCUT2D eigenvalue weighted by Gasteiger charge is -2.27. The van der Waals surface area contributed by atoms with Gasteiger partial charge in [0, 0.05) is 24.5 Å². The van der Waals surface area contributed by atoms with Crippen LogP contribution in [0.5, 0.6) is 0 Å². The minimum atomic E-state index is -0.534. The quantitative estimate of drug-likeness (QED) is 0.698. The van der Waals surface area contributed by atoms with Crippen molar-refractivity contribution in [2.24, 2.45) is 0 Å². The van der Waals surface area contributed by atoms with Gasteiger partial charge in [-0.25, -0.2) is 4.39 Å². The molecule has 0 aliphatic carbocycles. The summed E-state index contributed by atoms with van der Waals surface area (Å²) in [5, 5.41) is 3.14. The maximum Gasteiger partial charge on any atom is 0.254 e. The molecule has 0 unspecified atom stereocenters. The van der Waals surface area contributed by atoms with E-state index in [9.17, 15) is 18.8 Å². The summed E-state index contributed by atoms with van der Waals surface area (Å²) in [7, 11) is 0. The summed E-state index contributed by atoms with van der Waals surface area (Å²) in [5.41, 5.74) is 1.20. The number of hydrogen-bond acceptors (Lipinski definition) is 3. The van der Waals surface area contributed by atoms with Crippen molar-refractivity contribution < 1.29 is 14.0 Å². The SMILES string of the molecule is Cc1ccc(NC(=O)Cn2c(=O)cc(C(=O)N3CCCCC3)c3ccccc32)c(F)c1. The van der Waals surface area contributed by atoms with Crippen molar-refractivity contribution in [3.8, 4) is 0 Å². The number of anilines is 1. The van der Waals surface area contributed by atoms with Crippen LogP contribution in [0.1, 0.15) is 35.2 Å². The number of fused-ring (bicyclic) bond motifs is 1. The smallest absolute Gasteiger partial charge is 0.254 e. The highest BCUT2D eigenvalue weighted by Crippen LogP contribution is 2.21. The summed E-state index contributed by atoms with van der Waals surface area (Å²) in [6.45, 7) is 2.83. The Morgan fingerprint density at radius 2 is 1.77 bits per heavy atom. The Labute approximate surface area is 179 Å². The van der Waals surface area contributed by atoms with Crippen LogP contribution in [-0.4, -0.2) is 34.4 Å². The van der Waals surface area contributed by atoms with Crippen LogP contribution in [0.25, 0.3) is 10.9 Å². The first-order valence-electron chi connectivity index (χ1n) is 10.4. The zero-order chi connectivity index (χ0) is 22.0. The molecule has 0 bridgehead atoms. The van der Waals surface area contributed by atoms with Crippen molar-refractivity contribution >= 4 is 28.4 Å². The van der Waals surface area contributed by atoms with Gasteiger partial charge < -0.3 is 10.2 Å². The van der Waals surface area contributed by atoms with Gasteiger partial charge >= 0.3 is 0 Å². The first-order valence-corrected chi connectivity index (χ1v) is 10.4. The molecular formula is C24H24FN3O3. The molecule has 1 N–H and O–H groups in total. The molecule has 160 valence electrons. The number of rotatable bonds is 4. The predicted octanol–water partition coefficient (Wildman–Crippen LogP) is 3.71. The van der Waals surface area contributed by atoms with E-state index in [1.165, 1.54) is 22.8 Å². The van der Waals surface area contributed by atoms with Gasteiger partial charge in [0.1, 0.15) is 12.4 Å². The third-order valence-corrected chi connectivity index (χ3v) is 5.59. The van der Waals surface area contributed by atoms with E-state index in [0.29, 0.717) is 29.6 Å². The number of amides is 2. The van der Waals surface area contributed by atoms with Gasteiger partial charge in [0.05, 0.1) is 16.8 Å². The predicted molar refractivity (Wildman–Crippen MR) is 118 cm³/mol. The molecule has 4 rings (SSSR count). The highest BCUT2D eigenvalue weighted by atomic mass is 19.1. The Morgan fingerprint density at radius 3 is 2.52 bits per heavy atom. The van der Waals surface area contributed by atoms with E-state index < -0.39 is 17.3 Å². The van der Waals surface area contributed by atoms with E-state index in [4.69, 9.17) is 0 Å². The summed E-state index contributed by atoms with van der Waals surface area (Å²) in [6, 6.07) is 12.9. The molecule has 2 amide bonds. The molecule has 2 aromatic carbocycles. The lowest BCUT2D eigenvalue weighted by atomic mass is 10.0. The number of carbonyl (C=O) groups excluding carboxylic acids is 2. The summed E-state index contributed by atoms with van der Waals surface area (Å²) in [4.78, 5) is 40.3. The third-order valence-electron chi connectivity index (χ3n) is 5.59. The maximum atomic E-state index is 14.1. The van der Waals surface area contributed by atoms with Crippen LogP contribution in [0.2, 0.25) is 0 Å². The number of benzene rings is 2. The highest BCUT2D eigenvalue weighted by Gasteiger charge is 2.22. The van der Waals surface area contributed by atoms with Crippen LogP contribution in [0.3, 0.4) is 0 Å². The monoisotopic (exact) mass is 421 g/mol. The molecule has 0 spiro atoms. The number of aryl methyl sites for hydroxylation is 1. The molecular weight excluding hydrogens is 397 g/mol. The molecule has 3 aromatic rings. The van der Waals surface area contributed by atoms with E-state index in [1.54, 1.807) is 42.2 Å². The van der Waals surface area contributed by atoms with E-state index in [1.807, 2.05) is 0 Å². The number of pyridine rings is 1. The molecule has 1 saturated heterocycles. The number of piperidine rings is 1. The lowest BCUT2D eigenvalue weighted by Crippen LogP contribution is -2.37. The Kier molecular flexibility index (Phi) is 5.84. The number of para-hydroxylation sites is 1. The van der Waals surface area contributed by atoms with Crippen molar-refractivity contribution in [3.05, 3.63) is 75.8 Å². The first kappa shape index (κ1) is 20.8. The van der Waals surface area contributed by atoms with Gasteiger partial charge in [0.25, 0.3) is 11.5 Å². The Bertz CT molecular complexity index is 1210. The Morgan fingerprint density at radius 1 is 1.03 bits per heavy atom. The topological polar surface area (TPSA) is 71.4 Å². The van der Waals surface area contributed by atoms with Crippen LogP contribution in [-0.2, 0) is 11.3 Å². The molecule has 0 saturated carbocycles. The number of halogens is 1. The summed E-state index contributed by atoms with van der Waals surface area (Å²) >= 11 is 0. The Balaban J connectivity index is 1.66. The summed E-state index contributed by atoms with van der Waals surface area (Å²) in [5.74, 6) is -1.22. The second kappa shape index (κ2) is 8.71. The lowest BCUT2D eigenvalue weighted by molar-refractivity contribution is -0.116. The van der Waals surface area contributed by atoms with Gasteiger partial charge in [0.2, 0.25) is 5.91 Å². The van der Waals surface area contributed by atoms with Gasteiger partial charge in [-0.2, -0.15) is 0 Å². The van der Waals surface area contributed by atoms with E-state index >= 15 is 0 Å². The number of hydrogen-bond donors (Lipinski definition) is 1. The molecule has 2 heterocycles. The zero-order valence-corrected chi connectivity index (χ0v) is 17.4. The van der Waals surface area contributed by atoms with Gasteiger partial charge in [-0.1, -0.05) is 24.3 Å². The molecule has 1 aliphatic heterocycles. The van der Waals surface area contributed by atoms with Crippen molar-refractivity contribution in [1.29, 1.82) is 0 Å². The molecule has 31 heavy (non-hydrogen) atoms. The molecule has 1 aliphatic rings. The second-order valence-electron chi connectivity index (χ2n) is 7.88. The molecule has 7 heteroatoms. The minimum absolute atomic E-state index is 0.0600. The first-order chi connectivity index (χ1) is 14.9. The van der Waals surface area contributed by atoms with Crippen molar-refractivity contribution in [3.63, 3.8) is 0 Å². The molecule has 0 atom stereocenters. The fourth-order valence-corrected chi connectivity index (χ4v) is 4.00. The minimum Gasteiger partial charge on any atom is -0.339 e. The number of likely N-dealkylation sites (tertiary alicyclic amines) is 1. The van der Waals surface area contributed by atoms with Crippen LogP contribution in [0.4, 0.5) is 10.1 Å². The van der Waals surface area contributed by atoms with Crippen molar-refractivity contribution in [2.45, 2.75) is 32.7 Å². The standard InChI is InChI=1S/C24H24FN3O3/c1-16-9-10-20(19(25)13-16)26-22(29)15-28-21-8-4-3-7-17(21)18(14-23(28)30)24(31)27-11-5-2-6-12-27/h3-4,7-10,13-14H,2,5-6,11-12,15H2,1H3,(H,26,29). The van der Waals surface area contributed by atoms with Gasteiger partial charge in [-0.3, -0.25) is 19.0 Å². The zero-order valence-electron chi connectivity index (χ0n) is 17.4. The average Bonchev–Trinajstić information content (AvgIpc) is 2.77. The van der Waals surface area contributed by atoms with Crippen LogP contribution in [0, 0.1) is 12.7 Å². The number of aromatic nitrogens is 1. The van der Waals surface area contributed by atoms with E-state index in [0.717, 1.165) is 24.8 Å². The van der Waals surface area contributed by atoms with Crippen molar-refractivity contribution in [1.82, 2.24) is 9.47 Å². The van der Waals surface area contributed by atoms with Crippen LogP contribution < -0.4 is 10.9 Å². The van der Waals surface area contributed by atoms with Crippen LogP contribution >= 0.6 is 0 Å². The molecule has 1 fully saturated rings. The molecule has 0 radical (unpaired) electrons. The highest BCUT2D eigenvalue weighted by molar-refractivity contribution is 6.06. The number of nitrogens with zero attached hydrogens (tertiary/aromatic N) is 2. The Hall–Kier alpha value is -3.48. The fraction of sp³-hybridized carbons (Fsp3) is 0.292. The average molecular weight is 421 g/mol. The van der Waals surface area contributed by atoms with Crippen LogP contribution in [0.15, 0.2) is 53.3 Å². The number of carbonyl (C=O) groups is 2. The van der Waals surface area contributed by atoms with Gasteiger partial charge in [0.15, 0.2) is 0 Å². The van der Waals surface area contributed by atoms with Crippen molar-refractivity contribution in [2.75, 3.05) is 18.4 Å². The fourth-order valence-electron chi connectivity index (χ4n) is 4.00. The third kappa shape index (κ3) is 4.35. The summed E-state index contributed by atoms with van der Waals surface area (Å²) in [6.07, 6.45) is 3.01. The van der Waals surface area contributed by atoms with Gasteiger partial charge in [-0.15, -0.1) is 0 Å². The normalized spacial score (nSPS) is 13.9. The molecule has 6 nitrogen and oxygen atoms in total. The largest absolute Gasteiger partial charge is 0.339 e. The second-order valence-corrected chi connectivity index (χ2v) is 7.88. The van der Waals surface area contributed by atoms with E-state index in [-0.39, 0.29) is 18.1 Å². The maximum absolute atomic E-state index is 14.1. The van der Waals surface area contributed by atoms with Gasteiger partial charge in [-0.05, 0) is 49.9 Å². The summed E-state index contributed by atoms with van der Waals surface area (Å²) < 4.78 is 15.4.